The van der Waals surface area contributed by atoms with E-state index in [1.807, 2.05) is 0 Å². The van der Waals surface area contributed by atoms with E-state index in [2.05, 4.69) is 55.4 Å². The van der Waals surface area contributed by atoms with E-state index in [9.17, 15) is 0 Å². The fourth-order valence-electron chi connectivity index (χ4n) is 3.92. The van der Waals surface area contributed by atoms with E-state index < -0.39 is 0 Å². The first-order chi connectivity index (χ1) is 9.02. The first-order valence-electron chi connectivity index (χ1n) is 9.02. The van der Waals surface area contributed by atoms with Crippen LogP contribution in [0.2, 0.25) is 0 Å². The lowest BCUT2D eigenvalue weighted by Crippen LogP contribution is -2.34. The summed E-state index contributed by atoms with van der Waals surface area (Å²) < 4.78 is 0. The van der Waals surface area contributed by atoms with Crippen molar-refractivity contribution in [3.63, 3.8) is 0 Å². The van der Waals surface area contributed by atoms with Crippen molar-refractivity contribution in [1.82, 2.24) is 0 Å². The molecule has 0 aromatic rings. The van der Waals surface area contributed by atoms with Crippen molar-refractivity contribution in [2.75, 3.05) is 0 Å². The molecule has 0 aromatic heterocycles. The van der Waals surface area contributed by atoms with Gasteiger partial charge in [0.15, 0.2) is 0 Å². The molecule has 0 saturated heterocycles. The normalized spacial score (nSPS) is 26.1. The Kier molecular flexibility index (Phi) is 6.17. The molecular weight excluding hydrogens is 240 g/mol. The molecule has 2 fully saturated rings. The van der Waals surface area contributed by atoms with Crippen LogP contribution in [0.3, 0.4) is 0 Å². The Morgan fingerprint density at radius 1 is 0.650 bits per heavy atom. The smallest absolute Gasteiger partial charge is 0.0349 e. The van der Waals surface area contributed by atoms with Gasteiger partial charge in [0.2, 0.25) is 0 Å². The number of rotatable bonds is 2. The average Bonchev–Trinajstić information content (AvgIpc) is 2.25. The summed E-state index contributed by atoms with van der Waals surface area (Å²) in [6.45, 7) is 18.9. The lowest BCUT2D eigenvalue weighted by Gasteiger charge is -2.45. The van der Waals surface area contributed by atoms with Gasteiger partial charge in [-0.05, 0) is 73.0 Å². The zero-order chi connectivity index (χ0) is 15.6. The molecule has 0 N–H and O–H groups in total. The maximum Gasteiger partial charge on any atom is -0.0349 e. The summed E-state index contributed by atoms with van der Waals surface area (Å²) >= 11 is 0. The van der Waals surface area contributed by atoms with Gasteiger partial charge in [-0.1, -0.05) is 55.4 Å². The average molecular weight is 281 g/mol. The highest BCUT2D eigenvalue weighted by molar-refractivity contribution is 4.87. The topological polar surface area (TPSA) is 0 Å². The van der Waals surface area contributed by atoms with Crippen LogP contribution in [-0.4, -0.2) is 0 Å². The molecule has 2 saturated carbocycles. The summed E-state index contributed by atoms with van der Waals surface area (Å²) in [5.74, 6) is 3.87. The molecule has 0 spiro atoms. The van der Waals surface area contributed by atoms with Gasteiger partial charge >= 0.3 is 0 Å². The lowest BCUT2D eigenvalue weighted by molar-refractivity contribution is 0.0615. The van der Waals surface area contributed by atoms with Gasteiger partial charge in [-0.2, -0.15) is 0 Å². The minimum atomic E-state index is 0.644. The van der Waals surface area contributed by atoms with E-state index >= 15 is 0 Å². The first kappa shape index (κ1) is 18.1. The molecule has 0 radical (unpaired) electrons. The Hall–Kier alpha value is 0. The van der Waals surface area contributed by atoms with Gasteiger partial charge in [0.05, 0.1) is 0 Å². The van der Waals surface area contributed by atoms with Crippen LogP contribution in [0.1, 0.15) is 93.9 Å². The molecule has 0 nitrogen and oxygen atoms in total. The molecule has 2 aliphatic rings. The van der Waals surface area contributed by atoms with Crippen molar-refractivity contribution in [2.45, 2.75) is 93.9 Å². The lowest BCUT2D eigenvalue weighted by atomic mass is 9.61. The zero-order valence-corrected chi connectivity index (χ0v) is 15.6. The molecule has 0 amide bonds. The Bertz CT molecular complexity index is 264. The highest BCUT2D eigenvalue weighted by Gasteiger charge is 2.37. The van der Waals surface area contributed by atoms with E-state index in [1.54, 1.807) is 0 Å². The van der Waals surface area contributed by atoms with E-state index in [0.717, 1.165) is 23.7 Å². The van der Waals surface area contributed by atoms with Gasteiger partial charge < -0.3 is 0 Å². The van der Waals surface area contributed by atoms with Crippen LogP contribution < -0.4 is 0 Å². The van der Waals surface area contributed by atoms with E-state index in [1.165, 1.54) is 38.5 Å². The minimum absolute atomic E-state index is 0.644. The molecule has 120 valence electrons. The van der Waals surface area contributed by atoms with Crippen molar-refractivity contribution < 1.29 is 0 Å². The largest absolute Gasteiger partial charge is 0.0625 e. The van der Waals surface area contributed by atoms with Crippen molar-refractivity contribution in [3.8, 4) is 0 Å². The zero-order valence-electron chi connectivity index (χ0n) is 15.6. The highest BCUT2D eigenvalue weighted by Crippen LogP contribution is 2.47. The molecule has 0 bridgehead atoms. The van der Waals surface area contributed by atoms with Gasteiger partial charge in [-0.15, -0.1) is 0 Å². The van der Waals surface area contributed by atoms with E-state index in [-0.39, 0.29) is 0 Å². The number of hydrogen-bond donors (Lipinski definition) is 0. The summed E-state index contributed by atoms with van der Waals surface area (Å²) in [5, 5.41) is 0. The molecule has 0 aliphatic heterocycles. The molecule has 0 atom stereocenters. The quantitative estimate of drug-likeness (QED) is 0.514. The Labute approximate surface area is 129 Å². The van der Waals surface area contributed by atoms with Crippen LogP contribution in [0.15, 0.2) is 0 Å². The second kappa shape index (κ2) is 6.84. The Morgan fingerprint density at radius 3 is 1.30 bits per heavy atom. The molecule has 0 aromatic carbocycles. The predicted molar refractivity (Wildman–Crippen MR) is 91.9 cm³/mol. The SMILES string of the molecule is CC(C)C1CC(C)(C)C1.CC(C)C1CCC(C)(C)CC1. The number of hydrogen-bond acceptors (Lipinski definition) is 0. The van der Waals surface area contributed by atoms with Crippen LogP contribution in [0.25, 0.3) is 0 Å². The van der Waals surface area contributed by atoms with Gasteiger partial charge in [0.1, 0.15) is 0 Å². The first-order valence-corrected chi connectivity index (χ1v) is 9.02. The second-order valence-electron chi connectivity index (χ2n) is 9.82. The molecule has 20 heavy (non-hydrogen) atoms. The summed E-state index contributed by atoms with van der Waals surface area (Å²) in [6, 6.07) is 0. The monoisotopic (exact) mass is 280 g/mol. The highest BCUT2D eigenvalue weighted by atomic mass is 14.4. The van der Waals surface area contributed by atoms with Gasteiger partial charge in [-0.25, -0.2) is 0 Å². The van der Waals surface area contributed by atoms with Crippen LogP contribution in [0.5, 0.6) is 0 Å². The molecular formula is C20H40. The van der Waals surface area contributed by atoms with E-state index in [4.69, 9.17) is 0 Å². The molecule has 2 rings (SSSR count). The molecule has 0 unspecified atom stereocenters. The standard InChI is InChI=1S/C11H22.C9H18/c1-9(2)10-5-7-11(3,4)8-6-10;1-7(2)8-5-9(3,4)6-8/h9-10H,5-8H2,1-4H3;7-8H,5-6H2,1-4H3. The predicted octanol–water partition coefficient (Wildman–Crippen LogP) is 6.94. The fraction of sp³-hybridized carbons (Fsp3) is 1.00. The third-order valence-corrected chi connectivity index (χ3v) is 5.90. The fourth-order valence-corrected chi connectivity index (χ4v) is 3.92. The second-order valence-corrected chi connectivity index (χ2v) is 9.82. The maximum absolute atomic E-state index is 2.41. The third kappa shape index (κ3) is 5.78. The van der Waals surface area contributed by atoms with Crippen molar-refractivity contribution in [1.29, 1.82) is 0 Å². The summed E-state index contributed by atoms with van der Waals surface area (Å²) in [5.41, 5.74) is 1.32. The minimum Gasteiger partial charge on any atom is -0.0625 e. The summed E-state index contributed by atoms with van der Waals surface area (Å²) in [7, 11) is 0. The molecule has 2 aliphatic carbocycles. The Balaban J connectivity index is 0.000000204. The molecule has 0 heterocycles. The summed E-state index contributed by atoms with van der Waals surface area (Å²) in [6.07, 6.45) is 8.70. The van der Waals surface area contributed by atoms with Crippen LogP contribution in [0, 0.1) is 34.5 Å². The van der Waals surface area contributed by atoms with Crippen LogP contribution in [-0.2, 0) is 0 Å². The summed E-state index contributed by atoms with van der Waals surface area (Å²) in [4.78, 5) is 0. The van der Waals surface area contributed by atoms with Crippen molar-refractivity contribution in [2.24, 2.45) is 34.5 Å². The maximum atomic E-state index is 2.41. The van der Waals surface area contributed by atoms with Gasteiger partial charge in [0, 0.05) is 0 Å². The van der Waals surface area contributed by atoms with Gasteiger partial charge in [0.25, 0.3) is 0 Å². The van der Waals surface area contributed by atoms with Crippen molar-refractivity contribution in [3.05, 3.63) is 0 Å². The molecule has 0 heteroatoms. The van der Waals surface area contributed by atoms with Crippen LogP contribution in [0.4, 0.5) is 0 Å². The Morgan fingerprint density at radius 2 is 1.05 bits per heavy atom. The van der Waals surface area contributed by atoms with Gasteiger partial charge in [-0.3, -0.25) is 0 Å². The van der Waals surface area contributed by atoms with E-state index in [0.29, 0.717) is 10.8 Å². The third-order valence-electron chi connectivity index (χ3n) is 5.90. The van der Waals surface area contributed by atoms with Crippen molar-refractivity contribution >= 4 is 0 Å². The van der Waals surface area contributed by atoms with Crippen LogP contribution >= 0.6 is 0 Å².